The molecular weight excluding hydrogens is 286 g/mol. The van der Waals surface area contributed by atoms with Crippen LogP contribution in [0, 0.1) is 0 Å². The van der Waals surface area contributed by atoms with E-state index < -0.39 is 5.91 Å². The van der Waals surface area contributed by atoms with Crippen LogP contribution in [0.5, 0.6) is 5.75 Å². The van der Waals surface area contributed by atoms with Gasteiger partial charge in [-0.15, -0.1) is 0 Å². The number of ether oxygens (including phenoxy) is 1. The highest BCUT2D eigenvalue weighted by molar-refractivity contribution is 5.97. The topological polar surface area (TPSA) is 111 Å². The first kappa shape index (κ1) is 17.5. The maximum absolute atomic E-state index is 12.1. The highest BCUT2D eigenvalue weighted by Crippen LogP contribution is 2.17. The average molecular weight is 307 g/mol. The molecular formula is C15H21N3O4. The number of hydrogen-bond donors (Lipinski definition) is 3. The first-order valence-corrected chi connectivity index (χ1v) is 6.98. The van der Waals surface area contributed by atoms with Crippen LogP contribution >= 0.6 is 0 Å². The van der Waals surface area contributed by atoms with Crippen molar-refractivity contribution >= 4 is 17.7 Å². The third kappa shape index (κ3) is 6.25. The van der Waals surface area contributed by atoms with E-state index in [2.05, 4.69) is 10.6 Å². The van der Waals surface area contributed by atoms with Gasteiger partial charge in [0, 0.05) is 19.0 Å². The van der Waals surface area contributed by atoms with E-state index in [4.69, 9.17) is 10.5 Å². The Labute approximate surface area is 129 Å². The number of nitrogens with two attached hydrogens (primary N) is 1. The van der Waals surface area contributed by atoms with Gasteiger partial charge in [0.2, 0.25) is 5.91 Å². The van der Waals surface area contributed by atoms with Gasteiger partial charge in [0.15, 0.2) is 6.61 Å². The predicted molar refractivity (Wildman–Crippen MR) is 81.4 cm³/mol. The van der Waals surface area contributed by atoms with Gasteiger partial charge < -0.3 is 21.1 Å². The molecule has 7 heteroatoms. The lowest BCUT2D eigenvalue weighted by atomic mass is 10.2. The van der Waals surface area contributed by atoms with Crippen LogP contribution in [0.2, 0.25) is 0 Å². The van der Waals surface area contributed by atoms with Crippen molar-refractivity contribution in [1.82, 2.24) is 10.6 Å². The third-order valence-electron chi connectivity index (χ3n) is 2.59. The van der Waals surface area contributed by atoms with Gasteiger partial charge >= 0.3 is 0 Å². The van der Waals surface area contributed by atoms with E-state index in [1.54, 1.807) is 24.3 Å². The Kier molecular flexibility index (Phi) is 6.88. The van der Waals surface area contributed by atoms with Gasteiger partial charge in [0.05, 0.1) is 5.56 Å². The molecule has 0 saturated carbocycles. The Hall–Kier alpha value is -2.57. The Morgan fingerprint density at radius 3 is 2.55 bits per heavy atom. The summed E-state index contributed by atoms with van der Waals surface area (Å²) in [6.45, 7) is 3.63. The molecule has 1 rings (SSSR count). The summed E-state index contributed by atoms with van der Waals surface area (Å²) in [5.41, 5.74) is 5.30. The Bertz CT molecular complexity index is 543. The summed E-state index contributed by atoms with van der Waals surface area (Å²) in [6.07, 6.45) is 0.189. The second-order valence-corrected chi connectivity index (χ2v) is 4.98. The van der Waals surface area contributed by atoms with Crippen molar-refractivity contribution < 1.29 is 19.1 Å². The molecule has 22 heavy (non-hydrogen) atoms. The monoisotopic (exact) mass is 307 g/mol. The third-order valence-corrected chi connectivity index (χ3v) is 2.59. The normalized spacial score (nSPS) is 10.1. The molecule has 1 aromatic rings. The number of rotatable bonds is 8. The number of hydrogen-bond acceptors (Lipinski definition) is 4. The van der Waals surface area contributed by atoms with Gasteiger partial charge in [-0.05, 0) is 26.0 Å². The second-order valence-electron chi connectivity index (χ2n) is 4.98. The molecule has 0 radical (unpaired) electrons. The lowest BCUT2D eigenvalue weighted by molar-refractivity contribution is -0.121. The van der Waals surface area contributed by atoms with Crippen LogP contribution in [-0.2, 0) is 9.59 Å². The fraction of sp³-hybridized carbons (Fsp3) is 0.400. The van der Waals surface area contributed by atoms with E-state index in [9.17, 15) is 14.4 Å². The van der Waals surface area contributed by atoms with Crippen molar-refractivity contribution in [1.29, 1.82) is 0 Å². The number of para-hydroxylation sites is 1. The number of amides is 3. The molecule has 0 spiro atoms. The van der Waals surface area contributed by atoms with Crippen molar-refractivity contribution in [2.45, 2.75) is 26.3 Å². The van der Waals surface area contributed by atoms with Gasteiger partial charge in [-0.3, -0.25) is 14.4 Å². The summed E-state index contributed by atoms with van der Waals surface area (Å²) in [5, 5.41) is 5.37. The fourth-order valence-electron chi connectivity index (χ4n) is 1.71. The maximum Gasteiger partial charge on any atom is 0.255 e. The molecule has 120 valence electrons. The highest BCUT2D eigenvalue weighted by Gasteiger charge is 2.13. The molecule has 0 unspecified atom stereocenters. The van der Waals surface area contributed by atoms with Gasteiger partial charge in [-0.1, -0.05) is 12.1 Å². The van der Waals surface area contributed by atoms with Gasteiger partial charge in [-0.25, -0.2) is 0 Å². The van der Waals surface area contributed by atoms with E-state index in [-0.39, 0.29) is 48.7 Å². The Morgan fingerprint density at radius 2 is 1.91 bits per heavy atom. The van der Waals surface area contributed by atoms with Crippen LogP contribution in [0.25, 0.3) is 0 Å². The van der Waals surface area contributed by atoms with Crippen LogP contribution in [-0.4, -0.2) is 36.9 Å². The van der Waals surface area contributed by atoms with Crippen LogP contribution < -0.4 is 21.1 Å². The minimum atomic E-state index is -0.624. The smallest absolute Gasteiger partial charge is 0.255 e. The lowest BCUT2D eigenvalue weighted by Gasteiger charge is -2.11. The first-order valence-electron chi connectivity index (χ1n) is 6.98. The molecule has 0 saturated heterocycles. The summed E-state index contributed by atoms with van der Waals surface area (Å²) in [5.74, 6) is -0.864. The molecule has 0 heterocycles. The molecule has 3 amide bonds. The predicted octanol–water partition coefficient (Wildman–Crippen LogP) is 0.195. The highest BCUT2D eigenvalue weighted by atomic mass is 16.5. The van der Waals surface area contributed by atoms with E-state index in [1.165, 1.54) is 0 Å². The fourth-order valence-corrected chi connectivity index (χ4v) is 1.71. The molecule has 0 aliphatic rings. The molecule has 4 N–H and O–H groups in total. The van der Waals surface area contributed by atoms with Crippen molar-refractivity contribution in [3.8, 4) is 5.75 Å². The van der Waals surface area contributed by atoms with Gasteiger partial charge in [0.25, 0.3) is 11.8 Å². The van der Waals surface area contributed by atoms with Gasteiger partial charge in [0.1, 0.15) is 5.75 Å². The SMILES string of the molecule is CC(C)NC(=O)CCNC(=O)c1ccccc1OCC(N)=O. The molecule has 0 aromatic heterocycles. The number of benzene rings is 1. The van der Waals surface area contributed by atoms with Crippen LogP contribution in [0.4, 0.5) is 0 Å². The van der Waals surface area contributed by atoms with E-state index >= 15 is 0 Å². The summed E-state index contributed by atoms with van der Waals surface area (Å²) < 4.78 is 5.19. The van der Waals surface area contributed by atoms with Crippen LogP contribution in [0.1, 0.15) is 30.6 Å². The molecule has 0 bridgehead atoms. The Balaban J connectivity index is 2.55. The number of primary amides is 1. The lowest BCUT2D eigenvalue weighted by Crippen LogP contribution is -2.34. The minimum absolute atomic E-state index is 0.0612. The number of carbonyl (C=O) groups is 3. The zero-order valence-corrected chi connectivity index (χ0v) is 12.7. The molecule has 0 atom stereocenters. The quantitative estimate of drug-likeness (QED) is 0.637. The standard InChI is InChI=1S/C15H21N3O4/c1-10(2)18-14(20)7-8-17-15(21)11-5-3-4-6-12(11)22-9-13(16)19/h3-6,10H,7-9H2,1-2H3,(H2,16,19)(H,17,21)(H,18,20). The largest absolute Gasteiger partial charge is 0.483 e. The molecule has 7 nitrogen and oxygen atoms in total. The molecule has 0 aliphatic carbocycles. The summed E-state index contributed by atoms with van der Waals surface area (Å²) in [6, 6.07) is 6.57. The minimum Gasteiger partial charge on any atom is -0.483 e. The van der Waals surface area contributed by atoms with E-state index in [0.29, 0.717) is 0 Å². The van der Waals surface area contributed by atoms with Crippen molar-refractivity contribution in [3.63, 3.8) is 0 Å². The van der Waals surface area contributed by atoms with Crippen LogP contribution in [0.3, 0.4) is 0 Å². The molecule has 0 fully saturated rings. The van der Waals surface area contributed by atoms with Crippen molar-refractivity contribution in [2.24, 2.45) is 5.73 Å². The van der Waals surface area contributed by atoms with Crippen molar-refractivity contribution in [3.05, 3.63) is 29.8 Å². The molecule has 1 aromatic carbocycles. The maximum atomic E-state index is 12.1. The summed E-state index contributed by atoms with van der Waals surface area (Å²) >= 11 is 0. The first-order chi connectivity index (χ1) is 10.4. The van der Waals surface area contributed by atoms with E-state index in [0.717, 1.165) is 0 Å². The summed E-state index contributed by atoms with van der Waals surface area (Å²) in [4.78, 5) is 34.3. The van der Waals surface area contributed by atoms with Crippen molar-refractivity contribution in [2.75, 3.05) is 13.2 Å². The van der Waals surface area contributed by atoms with Crippen LogP contribution in [0.15, 0.2) is 24.3 Å². The molecule has 0 aliphatic heterocycles. The summed E-state index contributed by atoms with van der Waals surface area (Å²) in [7, 11) is 0. The number of nitrogens with one attached hydrogen (secondary N) is 2. The zero-order valence-electron chi connectivity index (χ0n) is 12.7. The second kappa shape index (κ2) is 8.66. The number of carbonyl (C=O) groups excluding carboxylic acids is 3. The average Bonchev–Trinajstić information content (AvgIpc) is 2.44. The van der Waals surface area contributed by atoms with Gasteiger partial charge in [-0.2, -0.15) is 0 Å². The Morgan fingerprint density at radius 1 is 1.23 bits per heavy atom. The van der Waals surface area contributed by atoms with E-state index in [1.807, 2.05) is 13.8 Å². The zero-order chi connectivity index (χ0) is 16.5.